The van der Waals surface area contributed by atoms with Crippen LogP contribution in [-0.2, 0) is 0 Å². The van der Waals surface area contributed by atoms with Gasteiger partial charge in [-0.05, 0) is 37.3 Å². The number of anilines is 2. The summed E-state index contributed by atoms with van der Waals surface area (Å²) in [5.74, 6) is -0.927. The SMILES string of the molecule is CCOc1ccc(-c2ccc(NC(=O)Nc3cc(F)ccc3F)cc2)nn1. The Hall–Kier alpha value is -3.55. The van der Waals surface area contributed by atoms with Crippen LogP contribution in [0.15, 0.2) is 54.6 Å². The van der Waals surface area contributed by atoms with Crippen molar-refractivity contribution in [1.29, 1.82) is 0 Å². The van der Waals surface area contributed by atoms with Crippen molar-refractivity contribution in [3.8, 4) is 17.1 Å². The smallest absolute Gasteiger partial charge is 0.323 e. The Balaban J connectivity index is 1.64. The van der Waals surface area contributed by atoms with Crippen LogP contribution in [0.1, 0.15) is 6.92 Å². The van der Waals surface area contributed by atoms with E-state index in [1.165, 1.54) is 0 Å². The van der Waals surface area contributed by atoms with Crippen LogP contribution in [0, 0.1) is 11.6 Å². The average molecular weight is 370 g/mol. The highest BCUT2D eigenvalue weighted by molar-refractivity contribution is 5.99. The number of rotatable bonds is 5. The van der Waals surface area contributed by atoms with Gasteiger partial charge in [0.05, 0.1) is 18.0 Å². The maximum atomic E-state index is 13.6. The Bertz CT molecular complexity index is 931. The van der Waals surface area contributed by atoms with Gasteiger partial charge in [0.1, 0.15) is 11.6 Å². The predicted octanol–water partition coefficient (Wildman–Crippen LogP) is 4.46. The van der Waals surface area contributed by atoms with Gasteiger partial charge in [0, 0.05) is 23.4 Å². The van der Waals surface area contributed by atoms with Crippen LogP contribution in [-0.4, -0.2) is 22.8 Å². The van der Waals surface area contributed by atoms with Crippen molar-refractivity contribution in [3.05, 3.63) is 66.2 Å². The maximum Gasteiger partial charge on any atom is 0.323 e. The van der Waals surface area contributed by atoms with E-state index < -0.39 is 17.7 Å². The molecule has 2 aromatic carbocycles. The van der Waals surface area contributed by atoms with Gasteiger partial charge in [0.2, 0.25) is 5.88 Å². The quantitative estimate of drug-likeness (QED) is 0.695. The van der Waals surface area contributed by atoms with Crippen molar-refractivity contribution in [3.63, 3.8) is 0 Å². The molecule has 3 rings (SSSR count). The van der Waals surface area contributed by atoms with E-state index in [2.05, 4.69) is 20.8 Å². The zero-order chi connectivity index (χ0) is 19.2. The van der Waals surface area contributed by atoms with Gasteiger partial charge in [-0.15, -0.1) is 10.2 Å². The topological polar surface area (TPSA) is 76.1 Å². The van der Waals surface area contributed by atoms with E-state index in [1.54, 1.807) is 36.4 Å². The van der Waals surface area contributed by atoms with Gasteiger partial charge in [-0.2, -0.15) is 0 Å². The molecule has 0 radical (unpaired) electrons. The summed E-state index contributed by atoms with van der Waals surface area (Å²) in [5.41, 5.74) is 1.68. The Morgan fingerprint density at radius 3 is 2.44 bits per heavy atom. The molecule has 0 aliphatic carbocycles. The molecule has 27 heavy (non-hydrogen) atoms. The summed E-state index contributed by atoms with van der Waals surface area (Å²) >= 11 is 0. The van der Waals surface area contributed by atoms with E-state index in [0.29, 0.717) is 23.9 Å². The Morgan fingerprint density at radius 1 is 1.00 bits per heavy atom. The lowest BCUT2D eigenvalue weighted by Crippen LogP contribution is -2.20. The molecule has 0 bridgehead atoms. The summed E-state index contributed by atoms with van der Waals surface area (Å²) < 4.78 is 31.9. The molecule has 138 valence electrons. The minimum absolute atomic E-state index is 0.242. The van der Waals surface area contributed by atoms with Gasteiger partial charge in [0.25, 0.3) is 0 Å². The standard InChI is InChI=1S/C19H16F2N4O2/c1-2-27-18-10-9-16(24-25-18)12-3-6-14(7-4-12)22-19(26)23-17-11-13(20)5-8-15(17)21/h3-11H,2H2,1H3,(H2,22,23,26). The predicted molar refractivity (Wildman–Crippen MR) is 97.6 cm³/mol. The minimum Gasteiger partial charge on any atom is -0.477 e. The number of benzene rings is 2. The monoisotopic (exact) mass is 370 g/mol. The van der Waals surface area contributed by atoms with Gasteiger partial charge < -0.3 is 15.4 Å². The van der Waals surface area contributed by atoms with Crippen molar-refractivity contribution in [2.75, 3.05) is 17.2 Å². The van der Waals surface area contributed by atoms with Crippen molar-refractivity contribution < 1.29 is 18.3 Å². The molecule has 0 aliphatic rings. The average Bonchev–Trinajstić information content (AvgIpc) is 2.66. The lowest BCUT2D eigenvalue weighted by molar-refractivity contribution is 0.262. The molecule has 8 heteroatoms. The summed E-state index contributed by atoms with van der Waals surface area (Å²) in [6, 6.07) is 12.5. The van der Waals surface area contributed by atoms with Crippen molar-refractivity contribution in [1.82, 2.24) is 10.2 Å². The summed E-state index contributed by atoms with van der Waals surface area (Å²) in [4.78, 5) is 12.0. The van der Waals surface area contributed by atoms with Crippen LogP contribution >= 0.6 is 0 Å². The number of nitrogens with one attached hydrogen (secondary N) is 2. The summed E-state index contributed by atoms with van der Waals surface area (Å²) in [6.45, 7) is 2.37. The van der Waals surface area contributed by atoms with Crippen molar-refractivity contribution >= 4 is 17.4 Å². The minimum atomic E-state index is -0.726. The van der Waals surface area contributed by atoms with E-state index in [-0.39, 0.29) is 5.69 Å². The second-order valence-electron chi connectivity index (χ2n) is 5.47. The zero-order valence-corrected chi connectivity index (χ0v) is 14.4. The molecule has 0 fully saturated rings. The van der Waals surface area contributed by atoms with E-state index in [9.17, 15) is 13.6 Å². The van der Waals surface area contributed by atoms with E-state index >= 15 is 0 Å². The van der Waals surface area contributed by atoms with Crippen LogP contribution in [0.4, 0.5) is 25.0 Å². The number of hydrogen-bond donors (Lipinski definition) is 2. The van der Waals surface area contributed by atoms with Gasteiger partial charge in [-0.3, -0.25) is 0 Å². The van der Waals surface area contributed by atoms with Crippen LogP contribution in [0.2, 0.25) is 0 Å². The summed E-state index contributed by atoms with van der Waals surface area (Å²) in [6.07, 6.45) is 0. The lowest BCUT2D eigenvalue weighted by atomic mass is 10.1. The molecule has 0 saturated heterocycles. The van der Waals surface area contributed by atoms with Crippen molar-refractivity contribution in [2.45, 2.75) is 6.92 Å². The molecule has 3 aromatic rings. The molecule has 2 amide bonds. The highest BCUT2D eigenvalue weighted by Crippen LogP contribution is 2.21. The first-order valence-corrected chi connectivity index (χ1v) is 8.15. The fourth-order valence-electron chi connectivity index (χ4n) is 2.30. The fraction of sp³-hybridized carbons (Fsp3) is 0.105. The van der Waals surface area contributed by atoms with Gasteiger partial charge >= 0.3 is 6.03 Å². The van der Waals surface area contributed by atoms with E-state index in [1.807, 2.05) is 6.92 Å². The third-order valence-electron chi connectivity index (χ3n) is 3.55. The highest BCUT2D eigenvalue weighted by atomic mass is 19.1. The van der Waals surface area contributed by atoms with Gasteiger partial charge in [0.15, 0.2) is 0 Å². The van der Waals surface area contributed by atoms with E-state index in [0.717, 1.165) is 23.8 Å². The molecule has 0 spiro atoms. The molecular weight excluding hydrogens is 354 g/mol. The van der Waals surface area contributed by atoms with Crippen LogP contribution in [0.5, 0.6) is 5.88 Å². The first kappa shape index (κ1) is 18.2. The number of halogens is 2. The second kappa shape index (κ2) is 8.22. The molecule has 6 nitrogen and oxygen atoms in total. The van der Waals surface area contributed by atoms with Crippen molar-refractivity contribution in [2.24, 2.45) is 0 Å². The molecule has 0 aliphatic heterocycles. The number of urea groups is 1. The first-order valence-electron chi connectivity index (χ1n) is 8.15. The van der Waals surface area contributed by atoms with Crippen LogP contribution < -0.4 is 15.4 Å². The normalized spacial score (nSPS) is 10.3. The molecule has 1 aromatic heterocycles. The molecule has 1 heterocycles. The highest BCUT2D eigenvalue weighted by Gasteiger charge is 2.09. The van der Waals surface area contributed by atoms with E-state index in [4.69, 9.17) is 4.74 Å². The molecule has 2 N–H and O–H groups in total. The third-order valence-corrected chi connectivity index (χ3v) is 3.55. The number of aromatic nitrogens is 2. The zero-order valence-electron chi connectivity index (χ0n) is 14.4. The third kappa shape index (κ3) is 4.75. The molecule has 0 atom stereocenters. The molecular formula is C19H16F2N4O2. The van der Waals surface area contributed by atoms with Gasteiger partial charge in [-0.25, -0.2) is 13.6 Å². The first-order chi connectivity index (χ1) is 13.0. The van der Waals surface area contributed by atoms with Crippen LogP contribution in [0.25, 0.3) is 11.3 Å². The molecule has 0 unspecified atom stereocenters. The van der Waals surface area contributed by atoms with Gasteiger partial charge in [-0.1, -0.05) is 12.1 Å². The fourth-order valence-corrected chi connectivity index (χ4v) is 2.30. The lowest BCUT2D eigenvalue weighted by Gasteiger charge is -2.09. The number of carbonyl (C=O) groups is 1. The Morgan fingerprint density at radius 2 is 1.78 bits per heavy atom. The summed E-state index contributed by atoms with van der Waals surface area (Å²) in [7, 11) is 0. The number of carbonyl (C=O) groups excluding carboxylic acids is 1. The molecule has 0 saturated carbocycles. The van der Waals surface area contributed by atoms with Crippen LogP contribution in [0.3, 0.4) is 0 Å². The maximum absolute atomic E-state index is 13.6. The summed E-state index contributed by atoms with van der Waals surface area (Å²) in [5, 5.41) is 12.8. The Kier molecular flexibility index (Phi) is 5.55. The Labute approximate surface area is 154 Å². The number of amides is 2. The number of hydrogen-bond acceptors (Lipinski definition) is 4. The second-order valence-corrected chi connectivity index (χ2v) is 5.47. The number of ether oxygens (including phenoxy) is 1. The largest absolute Gasteiger partial charge is 0.477 e. The number of nitrogens with zero attached hydrogens (tertiary/aromatic N) is 2.